The van der Waals surface area contributed by atoms with Crippen molar-refractivity contribution in [2.45, 2.75) is 13.1 Å². The van der Waals surface area contributed by atoms with E-state index in [1.807, 2.05) is 0 Å². The van der Waals surface area contributed by atoms with E-state index in [1.165, 1.54) is 0 Å². The van der Waals surface area contributed by atoms with Gasteiger partial charge in [0.25, 0.3) is 0 Å². The van der Waals surface area contributed by atoms with Crippen molar-refractivity contribution in [1.29, 1.82) is 0 Å². The van der Waals surface area contributed by atoms with Crippen LogP contribution in [0.15, 0.2) is 22.5 Å². The highest BCUT2D eigenvalue weighted by Crippen LogP contribution is 2.52. The molecule has 0 saturated heterocycles. The Balaban J connectivity index is 3.64. The van der Waals surface area contributed by atoms with Crippen LogP contribution in [0.1, 0.15) is 6.92 Å². The van der Waals surface area contributed by atoms with Crippen LogP contribution in [0.25, 0.3) is 0 Å². The Morgan fingerprint density at radius 2 is 1.71 bits per heavy atom. The van der Waals surface area contributed by atoms with E-state index >= 15 is 0 Å². The molecule has 5 nitrogen and oxygen atoms in total. The Hall–Kier alpha value is -1.24. The van der Waals surface area contributed by atoms with Gasteiger partial charge < -0.3 is 9.79 Å². The van der Waals surface area contributed by atoms with Gasteiger partial charge in [0.15, 0.2) is 11.6 Å². The predicted octanol–water partition coefficient (Wildman–Crippen LogP) is 1.08. The fraction of sp³-hybridized carbons (Fsp3) is 0.250. The number of hydrogen-bond donors (Lipinski definition) is 2. The van der Waals surface area contributed by atoms with Gasteiger partial charge in [0.05, 0.1) is 0 Å². The second-order valence-corrected chi connectivity index (χ2v) is 4.82. The Bertz CT molecular complexity index is 508. The van der Waals surface area contributed by atoms with Gasteiger partial charge >= 0.3 is 13.8 Å². The van der Waals surface area contributed by atoms with Crippen molar-refractivity contribution in [3.05, 3.63) is 22.5 Å². The number of carbonyl (C=O) groups excluding carboxylic acids is 2. The van der Waals surface area contributed by atoms with E-state index in [4.69, 9.17) is 9.79 Å². The van der Waals surface area contributed by atoms with Crippen molar-refractivity contribution in [1.82, 2.24) is 0 Å². The number of carbonyl (C=O) groups is 2. The van der Waals surface area contributed by atoms with E-state index in [2.05, 4.69) is 0 Å². The zero-order valence-corrected chi connectivity index (χ0v) is 9.17. The highest BCUT2D eigenvalue weighted by Gasteiger charge is 2.49. The van der Waals surface area contributed by atoms with Gasteiger partial charge in [-0.05, 0) is 13.0 Å². The Morgan fingerprint density at radius 3 is 2.06 bits per heavy atom. The van der Waals surface area contributed by atoms with Crippen LogP contribution in [0, 0.1) is 0 Å². The minimum Gasteiger partial charge on any atom is -0.321 e. The van der Waals surface area contributed by atoms with Gasteiger partial charge in [0, 0.05) is 5.57 Å². The number of alkyl halides is 3. The molecule has 0 aromatic heterocycles. The van der Waals surface area contributed by atoms with E-state index in [-0.39, 0.29) is 0 Å². The molecule has 0 amide bonds. The van der Waals surface area contributed by atoms with Gasteiger partial charge in [-0.2, -0.15) is 13.2 Å². The molecule has 94 valence electrons. The number of hydrogen-bond acceptors (Lipinski definition) is 3. The number of halogens is 3. The van der Waals surface area contributed by atoms with Crippen LogP contribution in [0.4, 0.5) is 13.2 Å². The van der Waals surface area contributed by atoms with Gasteiger partial charge in [-0.15, -0.1) is 0 Å². The van der Waals surface area contributed by atoms with E-state index in [9.17, 15) is 27.3 Å². The fourth-order valence-electron chi connectivity index (χ4n) is 1.30. The second-order valence-electron chi connectivity index (χ2n) is 3.29. The quantitative estimate of drug-likeness (QED) is 0.549. The summed E-state index contributed by atoms with van der Waals surface area (Å²) in [5, 5.41) is -1.78. The highest BCUT2D eigenvalue weighted by molar-refractivity contribution is 7.58. The first-order chi connectivity index (χ1) is 7.46. The molecule has 1 aliphatic rings. The van der Waals surface area contributed by atoms with Gasteiger partial charge in [-0.3, -0.25) is 14.2 Å². The average Bonchev–Trinajstić information content (AvgIpc) is 2.06. The lowest BCUT2D eigenvalue weighted by atomic mass is 9.97. The topological polar surface area (TPSA) is 91.7 Å². The predicted molar refractivity (Wildman–Crippen MR) is 48.9 cm³/mol. The maximum atomic E-state index is 12.5. The van der Waals surface area contributed by atoms with Crippen molar-refractivity contribution in [2.24, 2.45) is 0 Å². The summed E-state index contributed by atoms with van der Waals surface area (Å²) in [4.78, 5) is 39.9. The Kier molecular flexibility index (Phi) is 3.17. The number of ketones is 2. The molecule has 17 heavy (non-hydrogen) atoms. The number of rotatable bonds is 1. The van der Waals surface area contributed by atoms with E-state index in [0.717, 1.165) is 6.92 Å². The summed E-state index contributed by atoms with van der Waals surface area (Å²) in [5.41, 5.74) is -2.54. The minimum atomic E-state index is -5.48. The monoisotopic (exact) mass is 270 g/mol. The zero-order chi connectivity index (χ0) is 13.6. The molecule has 2 N–H and O–H groups in total. The summed E-state index contributed by atoms with van der Waals surface area (Å²) in [5.74, 6) is -3.10. The Morgan fingerprint density at radius 1 is 1.24 bits per heavy atom. The van der Waals surface area contributed by atoms with Crippen LogP contribution >= 0.6 is 7.60 Å². The highest BCUT2D eigenvalue weighted by atomic mass is 31.2. The first-order valence-corrected chi connectivity index (χ1v) is 5.72. The van der Waals surface area contributed by atoms with Crippen molar-refractivity contribution in [3.63, 3.8) is 0 Å². The third-order valence-corrected chi connectivity index (χ3v) is 2.99. The molecule has 0 fully saturated rings. The molecule has 0 aromatic rings. The molecule has 0 bridgehead atoms. The summed E-state index contributed by atoms with van der Waals surface area (Å²) >= 11 is 0. The molecule has 0 unspecified atom stereocenters. The second kappa shape index (κ2) is 3.90. The average molecular weight is 270 g/mol. The first kappa shape index (κ1) is 13.8. The lowest BCUT2D eigenvalue weighted by Gasteiger charge is -2.19. The van der Waals surface area contributed by atoms with Gasteiger partial charge in [0.2, 0.25) is 0 Å². The zero-order valence-electron chi connectivity index (χ0n) is 8.28. The fourth-order valence-corrected chi connectivity index (χ4v) is 2.27. The molecule has 0 atom stereocenters. The standard InChI is InChI=1S/C8H6F3O5P/c1-3-2-4(12)5(8(9,10)11)7(6(3)13)17(14,15)16/h2H,1H3,(H2,14,15,16). The van der Waals surface area contributed by atoms with Gasteiger partial charge in [0.1, 0.15) is 10.9 Å². The van der Waals surface area contributed by atoms with Crippen LogP contribution in [-0.4, -0.2) is 27.5 Å². The molecule has 0 aliphatic heterocycles. The van der Waals surface area contributed by atoms with Crippen molar-refractivity contribution < 1.29 is 37.1 Å². The minimum absolute atomic E-state index is 0.407. The van der Waals surface area contributed by atoms with Gasteiger partial charge in [-0.1, -0.05) is 0 Å². The largest absolute Gasteiger partial charge is 0.421 e. The summed E-state index contributed by atoms with van der Waals surface area (Å²) < 4.78 is 48.3. The number of Topliss-reactive ketones (excluding diaryl/α,β-unsaturated/α-hetero) is 1. The van der Waals surface area contributed by atoms with Crippen molar-refractivity contribution in [3.8, 4) is 0 Å². The van der Waals surface area contributed by atoms with Crippen LogP contribution in [0.3, 0.4) is 0 Å². The van der Waals surface area contributed by atoms with Crippen molar-refractivity contribution in [2.75, 3.05) is 0 Å². The molecular formula is C8H6F3O5P. The summed E-state index contributed by atoms with van der Waals surface area (Å²) in [6.07, 6.45) is -4.88. The van der Waals surface area contributed by atoms with Crippen LogP contribution in [0.2, 0.25) is 0 Å². The normalized spacial score (nSPS) is 18.6. The summed E-state index contributed by atoms with van der Waals surface area (Å²) in [6, 6.07) is 0. The van der Waals surface area contributed by atoms with E-state index in [0.29, 0.717) is 6.08 Å². The van der Waals surface area contributed by atoms with Gasteiger partial charge in [-0.25, -0.2) is 0 Å². The summed E-state index contributed by atoms with van der Waals surface area (Å²) in [7, 11) is -5.48. The smallest absolute Gasteiger partial charge is 0.321 e. The maximum Gasteiger partial charge on any atom is 0.421 e. The third-order valence-electron chi connectivity index (χ3n) is 1.98. The Labute approximate surface area is 92.8 Å². The molecule has 0 spiro atoms. The van der Waals surface area contributed by atoms with E-state index < -0.39 is 41.8 Å². The lowest BCUT2D eigenvalue weighted by Crippen LogP contribution is -2.28. The van der Waals surface area contributed by atoms with E-state index in [1.54, 1.807) is 0 Å². The van der Waals surface area contributed by atoms with Crippen LogP contribution < -0.4 is 0 Å². The molecule has 0 saturated carbocycles. The molecule has 1 rings (SSSR count). The van der Waals surface area contributed by atoms with Crippen LogP contribution in [-0.2, 0) is 14.2 Å². The molecule has 0 aromatic carbocycles. The van der Waals surface area contributed by atoms with Crippen LogP contribution in [0.5, 0.6) is 0 Å². The molecule has 0 radical (unpaired) electrons. The van der Waals surface area contributed by atoms with Crippen molar-refractivity contribution >= 4 is 19.2 Å². The third kappa shape index (κ3) is 2.54. The summed E-state index contributed by atoms with van der Waals surface area (Å²) in [6.45, 7) is 1.00. The molecule has 1 aliphatic carbocycles. The SMILES string of the molecule is CC1=CC(=O)C(C(F)(F)F)=C(P(=O)(O)O)C1=O. The first-order valence-electron chi connectivity index (χ1n) is 4.11. The molecule has 0 heterocycles. The maximum absolute atomic E-state index is 12.5. The molecule has 9 heteroatoms. The number of allylic oxidation sites excluding steroid dienone is 4. The molecular weight excluding hydrogens is 264 g/mol. The lowest BCUT2D eigenvalue weighted by molar-refractivity contribution is -0.128.